The predicted octanol–water partition coefficient (Wildman–Crippen LogP) is 2.87. The molecule has 7 heteroatoms. The molecule has 0 fully saturated rings. The molecule has 0 unspecified atom stereocenters. The zero-order valence-electron chi connectivity index (χ0n) is 10.6. The number of esters is 1. The number of alkyl halides is 3. The van der Waals surface area contributed by atoms with Crippen molar-refractivity contribution >= 4 is 17.6 Å². The maximum absolute atomic E-state index is 12.8. The lowest BCUT2D eigenvalue weighted by Gasteiger charge is -2.15. The Morgan fingerprint density at radius 3 is 2.68 bits per heavy atom. The molecule has 0 spiro atoms. The number of hydrogen-bond donors (Lipinski definition) is 0. The summed E-state index contributed by atoms with van der Waals surface area (Å²) in [5.41, 5.74) is 0.257. The molecule has 0 N–H and O–H groups in total. The van der Waals surface area contributed by atoms with Crippen molar-refractivity contribution in [3.05, 3.63) is 23.0 Å². The molecule has 0 aromatic carbocycles. The highest BCUT2D eigenvalue weighted by Gasteiger charge is 2.23. The summed E-state index contributed by atoms with van der Waals surface area (Å²) in [4.78, 5) is 15.1. The number of ether oxygens (including phenoxy) is 2. The summed E-state index contributed by atoms with van der Waals surface area (Å²) in [7, 11) is 1.25. The Morgan fingerprint density at radius 1 is 1.53 bits per heavy atom. The molecule has 0 aliphatic heterocycles. The van der Waals surface area contributed by atoms with E-state index in [0.717, 1.165) is 0 Å². The minimum Gasteiger partial charge on any atom is -0.494 e. The summed E-state index contributed by atoms with van der Waals surface area (Å²) in [6.45, 7) is 1.87. The molecule has 0 saturated heterocycles. The number of carbonyl (C=O) groups is 1. The number of carbonyl (C=O) groups excluding carboxylic acids is 1. The van der Waals surface area contributed by atoms with Crippen LogP contribution in [0, 0.1) is 0 Å². The van der Waals surface area contributed by atoms with Crippen molar-refractivity contribution in [1.82, 2.24) is 4.98 Å². The van der Waals surface area contributed by atoms with Crippen LogP contribution in [0.15, 0.2) is 6.20 Å². The second-order valence-corrected chi connectivity index (χ2v) is 3.86. The van der Waals surface area contributed by atoms with E-state index in [1.807, 2.05) is 0 Å². The first kappa shape index (κ1) is 15.6. The van der Waals surface area contributed by atoms with Crippen molar-refractivity contribution in [2.45, 2.75) is 25.7 Å². The maximum atomic E-state index is 12.8. The number of hydrogen-bond acceptors (Lipinski definition) is 4. The Bertz CT molecular complexity index is 455. The van der Waals surface area contributed by atoms with Gasteiger partial charge in [0.2, 0.25) is 0 Å². The second kappa shape index (κ2) is 7.23. The number of pyridine rings is 1. The fourth-order valence-electron chi connectivity index (χ4n) is 1.63. The summed E-state index contributed by atoms with van der Waals surface area (Å²) in [6, 6.07) is 0. The Balaban J connectivity index is 3.23. The van der Waals surface area contributed by atoms with E-state index >= 15 is 0 Å². The minimum atomic E-state index is -2.79. The third-order valence-corrected chi connectivity index (χ3v) is 2.72. The molecule has 1 aromatic heterocycles. The fraction of sp³-hybridized carbons (Fsp3) is 0.500. The molecule has 0 aliphatic rings. The second-order valence-electron chi connectivity index (χ2n) is 3.60. The highest BCUT2D eigenvalue weighted by Crippen LogP contribution is 2.33. The van der Waals surface area contributed by atoms with Crippen LogP contribution >= 0.6 is 11.6 Å². The van der Waals surface area contributed by atoms with Crippen molar-refractivity contribution in [3.8, 4) is 5.75 Å². The SMILES string of the molecule is CCOC(=O)Cc1c(CCl)cnc(C(F)F)c1OC. The normalized spacial score (nSPS) is 10.6. The third kappa shape index (κ3) is 3.76. The zero-order chi connectivity index (χ0) is 14.4. The quantitative estimate of drug-likeness (QED) is 0.598. The Kier molecular flexibility index (Phi) is 5.95. The molecule has 0 bridgehead atoms. The molecule has 0 amide bonds. The van der Waals surface area contributed by atoms with Crippen molar-refractivity contribution < 1.29 is 23.0 Å². The average molecular weight is 294 g/mol. The molecule has 0 aliphatic carbocycles. The Labute approximate surface area is 114 Å². The van der Waals surface area contributed by atoms with E-state index in [9.17, 15) is 13.6 Å². The molecule has 0 saturated carbocycles. The fourth-order valence-corrected chi connectivity index (χ4v) is 1.86. The van der Waals surface area contributed by atoms with Gasteiger partial charge in [-0.25, -0.2) is 8.78 Å². The predicted molar refractivity (Wildman–Crippen MR) is 65.6 cm³/mol. The van der Waals surface area contributed by atoms with Gasteiger partial charge in [0.25, 0.3) is 6.43 Å². The molecule has 1 heterocycles. The zero-order valence-corrected chi connectivity index (χ0v) is 11.3. The van der Waals surface area contributed by atoms with Gasteiger partial charge in [-0.3, -0.25) is 9.78 Å². The van der Waals surface area contributed by atoms with Gasteiger partial charge in [0.05, 0.1) is 20.1 Å². The van der Waals surface area contributed by atoms with Gasteiger partial charge in [-0.05, 0) is 12.5 Å². The van der Waals surface area contributed by atoms with Crippen LogP contribution in [0.4, 0.5) is 8.78 Å². The van der Waals surface area contributed by atoms with Crippen molar-refractivity contribution in [3.63, 3.8) is 0 Å². The van der Waals surface area contributed by atoms with Crippen molar-refractivity contribution in [2.75, 3.05) is 13.7 Å². The van der Waals surface area contributed by atoms with E-state index in [1.54, 1.807) is 6.92 Å². The van der Waals surface area contributed by atoms with E-state index in [2.05, 4.69) is 4.98 Å². The molecule has 4 nitrogen and oxygen atoms in total. The first-order chi connectivity index (χ1) is 9.04. The van der Waals surface area contributed by atoms with Crippen LogP contribution < -0.4 is 4.74 Å². The van der Waals surface area contributed by atoms with Crippen LogP contribution in [0.3, 0.4) is 0 Å². The molecule has 1 rings (SSSR count). The lowest BCUT2D eigenvalue weighted by Crippen LogP contribution is -2.12. The topological polar surface area (TPSA) is 48.4 Å². The van der Waals surface area contributed by atoms with Gasteiger partial charge < -0.3 is 9.47 Å². The van der Waals surface area contributed by atoms with Crippen LogP contribution in [0.2, 0.25) is 0 Å². The van der Waals surface area contributed by atoms with Gasteiger partial charge in [0, 0.05) is 17.6 Å². The summed E-state index contributed by atoms with van der Waals surface area (Å²) in [5, 5.41) is 0. The van der Waals surface area contributed by atoms with Gasteiger partial charge in [-0.1, -0.05) is 0 Å². The number of halogens is 3. The monoisotopic (exact) mass is 293 g/mol. The average Bonchev–Trinajstić information content (AvgIpc) is 2.38. The smallest absolute Gasteiger partial charge is 0.310 e. The number of nitrogens with zero attached hydrogens (tertiary/aromatic N) is 1. The number of aromatic nitrogens is 1. The standard InChI is InChI=1S/C12H14ClF2NO3/c1-3-19-9(17)4-8-7(5-13)6-16-10(12(14)15)11(8)18-2/h6,12H,3-5H2,1-2H3. The van der Waals surface area contributed by atoms with Crippen molar-refractivity contribution in [2.24, 2.45) is 0 Å². The van der Waals surface area contributed by atoms with Gasteiger partial charge in [0.15, 0.2) is 0 Å². The van der Waals surface area contributed by atoms with Crippen LogP contribution in [-0.2, 0) is 21.8 Å². The first-order valence-corrected chi connectivity index (χ1v) is 6.12. The largest absolute Gasteiger partial charge is 0.494 e. The highest BCUT2D eigenvalue weighted by molar-refractivity contribution is 6.17. The molecule has 1 aromatic rings. The Morgan fingerprint density at radius 2 is 2.21 bits per heavy atom. The number of methoxy groups -OCH3 is 1. The molecule has 19 heavy (non-hydrogen) atoms. The maximum Gasteiger partial charge on any atom is 0.310 e. The van der Waals surface area contributed by atoms with Crippen LogP contribution in [-0.4, -0.2) is 24.7 Å². The van der Waals surface area contributed by atoms with Crippen LogP contribution in [0.25, 0.3) is 0 Å². The molecule has 0 radical (unpaired) electrons. The van der Waals surface area contributed by atoms with E-state index < -0.39 is 18.1 Å². The molecule has 0 atom stereocenters. The van der Waals surface area contributed by atoms with Gasteiger partial charge in [-0.2, -0.15) is 0 Å². The van der Waals surface area contributed by atoms with E-state index in [4.69, 9.17) is 21.1 Å². The Hall–Kier alpha value is -1.43. The number of rotatable bonds is 6. The highest BCUT2D eigenvalue weighted by atomic mass is 35.5. The summed E-state index contributed by atoms with van der Waals surface area (Å²) >= 11 is 5.72. The lowest BCUT2D eigenvalue weighted by atomic mass is 10.1. The summed E-state index contributed by atoms with van der Waals surface area (Å²) in [5.74, 6) is -0.596. The summed E-state index contributed by atoms with van der Waals surface area (Å²) < 4.78 is 35.4. The van der Waals surface area contributed by atoms with Gasteiger partial charge in [0.1, 0.15) is 11.4 Å². The first-order valence-electron chi connectivity index (χ1n) is 5.59. The molecular weight excluding hydrogens is 280 g/mol. The van der Waals surface area contributed by atoms with Crippen LogP contribution in [0.1, 0.15) is 30.2 Å². The van der Waals surface area contributed by atoms with Gasteiger partial charge in [-0.15, -0.1) is 11.6 Å². The summed E-state index contributed by atoms with van der Waals surface area (Å²) in [6.07, 6.45) is -1.74. The molecular formula is C12H14ClF2NO3. The van der Waals surface area contributed by atoms with Crippen molar-refractivity contribution in [1.29, 1.82) is 0 Å². The lowest BCUT2D eigenvalue weighted by molar-refractivity contribution is -0.142. The van der Waals surface area contributed by atoms with Crippen LogP contribution in [0.5, 0.6) is 5.75 Å². The van der Waals surface area contributed by atoms with Gasteiger partial charge >= 0.3 is 5.97 Å². The molecule has 106 valence electrons. The van der Waals surface area contributed by atoms with E-state index in [0.29, 0.717) is 11.1 Å². The van der Waals surface area contributed by atoms with E-state index in [1.165, 1.54) is 13.3 Å². The minimum absolute atomic E-state index is 0.0433. The third-order valence-electron chi connectivity index (χ3n) is 2.44. The van der Waals surface area contributed by atoms with E-state index in [-0.39, 0.29) is 24.7 Å².